The number of ether oxygens (including phenoxy) is 1. The van der Waals surface area contributed by atoms with E-state index in [9.17, 15) is 19.5 Å². The lowest BCUT2D eigenvalue weighted by molar-refractivity contribution is -0.149. The predicted octanol–water partition coefficient (Wildman–Crippen LogP) is 1.96. The van der Waals surface area contributed by atoms with Gasteiger partial charge in [0.1, 0.15) is 11.3 Å². The van der Waals surface area contributed by atoms with Gasteiger partial charge in [0.15, 0.2) is 0 Å². The van der Waals surface area contributed by atoms with Crippen molar-refractivity contribution in [2.45, 2.75) is 45.1 Å². The van der Waals surface area contributed by atoms with Gasteiger partial charge in [-0.25, -0.2) is 4.79 Å². The molecule has 1 saturated carbocycles. The van der Waals surface area contributed by atoms with Crippen LogP contribution in [0.1, 0.15) is 49.9 Å². The van der Waals surface area contributed by atoms with Crippen LogP contribution in [0.5, 0.6) is 5.75 Å². The Balaban J connectivity index is 1.88. The largest absolute Gasteiger partial charge is 0.494 e. The number of carbonyl (C=O) groups excluding carboxylic acids is 2. The zero-order valence-electron chi connectivity index (χ0n) is 15.2. The van der Waals surface area contributed by atoms with Crippen molar-refractivity contribution in [2.75, 3.05) is 13.2 Å². The molecule has 142 valence electrons. The zero-order valence-corrected chi connectivity index (χ0v) is 15.2. The Hall–Kier alpha value is -2.57. The van der Waals surface area contributed by atoms with Gasteiger partial charge in [0, 0.05) is 5.56 Å². The van der Waals surface area contributed by atoms with Crippen molar-refractivity contribution in [2.24, 2.45) is 5.92 Å². The number of nitrogens with one attached hydrogen (secondary N) is 2. The fraction of sp³-hybridized carbons (Fsp3) is 0.526. The fourth-order valence-corrected chi connectivity index (χ4v) is 3.09. The number of aliphatic carboxylic acids is 1. The van der Waals surface area contributed by atoms with Crippen molar-refractivity contribution in [3.8, 4) is 5.75 Å². The van der Waals surface area contributed by atoms with Crippen LogP contribution in [-0.4, -0.2) is 41.6 Å². The lowest BCUT2D eigenvalue weighted by Gasteiger charge is -2.36. The first-order valence-corrected chi connectivity index (χ1v) is 8.92. The van der Waals surface area contributed by atoms with Crippen LogP contribution in [0.2, 0.25) is 0 Å². The van der Waals surface area contributed by atoms with E-state index in [1.54, 1.807) is 24.3 Å². The summed E-state index contributed by atoms with van der Waals surface area (Å²) in [5.41, 5.74) is -0.825. The van der Waals surface area contributed by atoms with Crippen LogP contribution in [-0.2, 0) is 9.59 Å². The first-order valence-electron chi connectivity index (χ1n) is 8.92. The van der Waals surface area contributed by atoms with Gasteiger partial charge in [0.25, 0.3) is 5.91 Å². The average Bonchev–Trinajstić information content (AvgIpc) is 2.62. The highest BCUT2D eigenvalue weighted by Crippen LogP contribution is 2.32. The molecule has 0 aliphatic heterocycles. The molecular weight excluding hydrogens is 336 g/mol. The van der Waals surface area contributed by atoms with Crippen molar-refractivity contribution in [3.63, 3.8) is 0 Å². The van der Waals surface area contributed by atoms with Crippen molar-refractivity contribution in [3.05, 3.63) is 29.8 Å². The highest BCUT2D eigenvalue weighted by atomic mass is 16.5. The Kier molecular flexibility index (Phi) is 6.60. The number of benzene rings is 1. The monoisotopic (exact) mass is 362 g/mol. The van der Waals surface area contributed by atoms with E-state index in [1.165, 1.54) is 0 Å². The molecule has 3 N–H and O–H groups in total. The number of carboxylic acids is 1. The van der Waals surface area contributed by atoms with Crippen LogP contribution < -0.4 is 15.4 Å². The van der Waals surface area contributed by atoms with Gasteiger partial charge >= 0.3 is 5.97 Å². The third-order valence-corrected chi connectivity index (χ3v) is 4.75. The minimum Gasteiger partial charge on any atom is -0.494 e. The molecule has 0 spiro atoms. The van der Waals surface area contributed by atoms with E-state index in [-0.39, 0.29) is 6.54 Å². The average molecular weight is 362 g/mol. The first-order chi connectivity index (χ1) is 12.4. The third kappa shape index (κ3) is 4.97. The molecule has 7 nitrogen and oxygen atoms in total. The highest BCUT2D eigenvalue weighted by molar-refractivity contribution is 5.97. The Morgan fingerprint density at radius 1 is 1.19 bits per heavy atom. The maximum absolute atomic E-state index is 12.2. The Labute approximate surface area is 153 Å². The standard InChI is InChI=1S/C19H26N2O5/c1-3-26-15-6-4-14(5-7-15)17(23)20-12-16(22)21-19(18(24)25)10-8-13(2)9-11-19/h4-7,13H,3,8-12H2,1-2H3,(H,20,23)(H,21,22)(H,24,25). The van der Waals surface area contributed by atoms with E-state index >= 15 is 0 Å². The van der Waals surface area contributed by atoms with Crippen molar-refractivity contribution in [1.82, 2.24) is 10.6 Å². The molecule has 1 aromatic rings. The molecule has 0 unspecified atom stereocenters. The Morgan fingerprint density at radius 2 is 1.81 bits per heavy atom. The van der Waals surface area contributed by atoms with Gasteiger partial charge in [-0.2, -0.15) is 0 Å². The van der Waals surface area contributed by atoms with E-state index in [4.69, 9.17) is 4.74 Å². The number of carbonyl (C=O) groups is 3. The molecule has 0 radical (unpaired) electrons. The van der Waals surface area contributed by atoms with E-state index in [2.05, 4.69) is 17.6 Å². The molecule has 2 rings (SSSR count). The second-order valence-electron chi connectivity index (χ2n) is 6.76. The van der Waals surface area contributed by atoms with E-state index in [0.717, 1.165) is 12.8 Å². The maximum Gasteiger partial charge on any atom is 0.329 e. The highest BCUT2D eigenvalue weighted by Gasteiger charge is 2.42. The fourth-order valence-electron chi connectivity index (χ4n) is 3.09. The SMILES string of the molecule is CCOc1ccc(C(=O)NCC(=O)NC2(C(=O)O)CCC(C)CC2)cc1. The second-order valence-corrected chi connectivity index (χ2v) is 6.76. The number of amides is 2. The van der Waals surface area contributed by atoms with E-state index < -0.39 is 23.3 Å². The van der Waals surface area contributed by atoms with E-state index in [1.807, 2.05) is 6.92 Å². The maximum atomic E-state index is 12.2. The molecule has 1 aliphatic rings. The number of rotatable bonds is 7. The third-order valence-electron chi connectivity index (χ3n) is 4.75. The molecule has 7 heteroatoms. The summed E-state index contributed by atoms with van der Waals surface area (Å²) in [6.45, 7) is 4.22. The topological polar surface area (TPSA) is 105 Å². The number of hydrogen-bond donors (Lipinski definition) is 3. The van der Waals surface area contributed by atoms with Crippen molar-refractivity contribution in [1.29, 1.82) is 0 Å². The molecule has 0 atom stereocenters. The van der Waals surface area contributed by atoms with Gasteiger partial charge < -0.3 is 20.5 Å². The van der Waals surface area contributed by atoms with Crippen LogP contribution in [0.4, 0.5) is 0 Å². The van der Waals surface area contributed by atoms with Crippen LogP contribution in [0, 0.1) is 5.92 Å². The summed E-state index contributed by atoms with van der Waals surface area (Å²) in [6, 6.07) is 6.58. The summed E-state index contributed by atoms with van der Waals surface area (Å²) in [6.07, 6.45) is 2.32. The second kappa shape index (κ2) is 8.69. The van der Waals surface area contributed by atoms with Crippen molar-refractivity contribution < 1.29 is 24.2 Å². The molecule has 2 amide bonds. The summed E-state index contributed by atoms with van der Waals surface area (Å²) in [4.78, 5) is 35.9. The van der Waals surface area contributed by atoms with Crippen LogP contribution in [0.3, 0.4) is 0 Å². The van der Waals surface area contributed by atoms with Gasteiger partial charge in [0.05, 0.1) is 13.2 Å². The van der Waals surface area contributed by atoms with Gasteiger partial charge in [-0.1, -0.05) is 6.92 Å². The number of carboxylic acid groups (broad SMARTS) is 1. The lowest BCUT2D eigenvalue weighted by atomic mass is 9.77. The normalized spacial score (nSPS) is 22.3. The van der Waals surface area contributed by atoms with Crippen LogP contribution >= 0.6 is 0 Å². The van der Waals surface area contributed by atoms with Gasteiger partial charge in [-0.05, 0) is 62.8 Å². The molecule has 1 aromatic carbocycles. The van der Waals surface area contributed by atoms with Gasteiger partial charge in [0.2, 0.25) is 5.91 Å². The first kappa shape index (κ1) is 19.8. The van der Waals surface area contributed by atoms with Gasteiger partial charge in [-0.15, -0.1) is 0 Å². The van der Waals surface area contributed by atoms with Crippen LogP contribution in [0.25, 0.3) is 0 Å². The molecule has 1 fully saturated rings. The molecule has 0 aromatic heterocycles. The number of hydrogen-bond acceptors (Lipinski definition) is 4. The predicted molar refractivity (Wildman–Crippen MR) is 96.1 cm³/mol. The summed E-state index contributed by atoms with van der Waals surface area (Å²) in [5, 5.41) is 14.7. The van der Waals surface area contributed by atoms with E-state index in [0.29, 0.717) is 36.7 Å². The Morgan fingerprint density at radius 3 is 2.35 bits per heavy atom. The van der Waals surface area contributed by atoms with Crippen molar-refractivity contribution >= 4 is 17.8 Å². The summed E-state index contributed by atoms with van der Waals surface area (Å²) in [7, 11) is 0. The van der Waals surface area contributed by atoms with Gasteiger partial charge in [-0.3, -0.25) is 9.59 Å². The molecule has 0 heterocycles. The lowest BCUT2D eigenvalue weighted by Crippen LogP contribution is -2.58. The smallest absolute Gasteiger partial charge is 0.329 e. The molecule has 0 saturated heterocycles. The minimum absolute atomic E-state index is 0.267. The Bertz CT molecular complexity index is 648. The summed E-state index contributed by atoms with van der Waals surface area (Å²) >= 11 is 0. The molecule has 1 aliphatic carbocycles. The molecule has 26 heavy (non-hydrogen) atoms. The minimum atomic E-state index is -1.23. The summed E-state index contributed by atoms with van der Waals surface area (Å²) < 4.78 is 5.31. The summed E-state index contributed by atoms with van der Waals surface area (Å²) in [5.74, 6) is -0.794. The zero-order chi connectivity index (χ0) is 19.2. The van der Waals surface area contributed by atoms with Crippen LogP contribution in [0.15, 0.2) is 24.3 Å². The quantitative estimate of drug-likeness (QED) is 0.688. The molecule has 0 bridgehead atoms. The molecular formula is C19H26N2O5.